The Kier molecular flexibility index (Phi) is 4.62. The molecular weight excluding hydrogens is 415 g/mol. The molecule has 1 saturated heterocycles. The largest absolute Gasteiger partial charge is 0.416 e. The van der Waals surface area contributed by atoms with Gasteiger partial charge in [0.15, 0.2) is 0 Å². The molecule has 1 aliphatic carbocycles. The zero-order chi connectivity index (χ0) is 21.8. The summed E-state index contributed by atoms with van der Waals surface area (Å²) in [6.07, 6.45) is -6.84. The highest BCUT2D eigenvalue weighted by molar-refractivity contribution is 6.07. The van der Waals surface area contributed by atoms with Gasteiger partial charge in [0.1, 0.15) is 5.54 Å². The van der Waals surface area contributed by atoms with Crippen molar-refractivity contribution in [3.63, 3.8) is 0 Å². The number of nitrogens with zero attached hydrogens (tertiary/aromatic N) is 1. The molecule has 1 atom stereocenters. The number of alkyl halides is 5. The fourth-order valence-electron chi connectivity index (χ4n) is 4.00. The number of fused-ring (bicyclic) bond motifs is 1. The van der Waals surface area contributed by atoms with E-state index in [4.69, 9.17) is 0 Å². The van der Waals surface area contributed by atoms with Crippen molar-refractivity contribution < 1.29 is 36.3 Å². The summed E-state index contributed by atoms with van der Waals surface area (Å²) in [7, 11) is 0. The Morgan fingerprint density at radius 3 is 2.33 bits per heavy atom. The van der Waals surface area contributed by atoms with E-state index in [0.717, 1.165) is 11.0 Å². The minimum atomic E-state index is -4.94. The first-order valence-electron chi connectivity index (χ1n) is 9.18. The lowest BCUT2D eigenvalue weighted by molar-refractivity contribution is -0.139. The molecule has 5 amide bonds. The van der Waals surface area contributed by atoms with Crippen molar-refractivity contribution in [2.75, 3.05) is 6.54 Å². The molecule has 12 heteroatoms. The highest BCUT2D eigenvalue weighted by atomic mass is 19.4. The van der Waals surface area contributed by atoms with Gasteiger partial charge in [-0.1, -0.05) is 0 Å². The summed E-state index contributed by atoms with van der Waals surface area (Å²) in [6.45, 7) is -0.520. The van der Waals surface area contributed by atoms with Gasteiger partial charge in [-0.2, -0.15) is 13.2 Å². The molecule has 0 bridgehead atoms. The lowest BCUT2D eigenvalue weighted by Crippen LogP contribution is -2.58. The van der Waals surface area contributed by atoms with Gasteiger partial charge in [0.2, 0.25) is 0 Å². The number of carbonyl (C=O) groups excluding carboxylic acids is 3. The Balaban J connectivity index is 1.48. The minimum absolute atomic E-state index is 0.122. The van der Waals surface area contributed by atoms with E-state index in [9.17, 15) is 36.3 Å². The van der Waals surface area contributed by atoms with Gasteiger partial charge >= 0.3 is 18.2 Å². The summed E-state index contributed by atoms with van der Waals surface area (Å²) in [5.74, 6) is -0.667. The molecule has 0 spiro atoms. The van der Waals surface area contributed by atoms with Crippen LogP contribution in [0.2, 0.25) is 0 Å². The molecule has 0 aromatic heterocycles. The number of imide groups is 1. The Morgan fingerprint density at radius 1 is 1.20 bits per heavy atom. The Hall–Kier alpha value is -2.92. The number of hydrogen-bond acceptors (Lipinski definition) is 3. The van der Waals surface area contributed by atoms with Crippen LogP contribution in [0.5, 0.6) is 0 Å². The first-order valence-corrected chi connectivity index (χ1v) is 9.18. The number of hydrogen-bond donors (Lipinski definition) is 3. The van der Waals surface area contributed by atoms with Gasteiger partial charge in [-0.25, -0.2) is 18.4 Å². The van der Waals surface area contributed by atoms with Crippen LogP contribution in [-0.2, 0) is 24.1 Å². The van der Waals surface area contributed by atoms with Crippen molar-refractivity contribution in [2.45, 2.75) is 44.1 Å². The molecule has 0 radical (unpaired) electrons. The van der Waals surface area contributed by atoms with E-state index in [2.05, 4.69) is 16.0 Å². The number of amides is 5. The van der Waals surface area contributed by atoms with E-state index >= 15 is 0 Å². The molecule has 1 aromatic carbocycles. The monoisotopic (exact) mass is 432 g/mol. The van der Waals surface area contributed by atoms with Crippen molar-refractivity contribution in [2.24, 2.45) is 5.92 Å². The molecule has 162 valence electrons. The van der Waals surface area contributed by atoms with Gasteiger partial charge in [0.05, 0.1) is 12.1 Å². The number of rotatable bonds is 4. The molecule has 7 nitrogen and oxygen atoms in total. The van der Waals surface area contributed by atoms with Crippen LogP contribution < -0.4 is 16.0 Å². The first-order chi connectivity index (χ1) is 14.0. The summed E-state index contributed by atoms with van der Waals surface area (Å²) in [5.41, 5.74) is -3.47. The second kappa shape index (κ2) is 6.81. The summed E-state index contributed by atoms with van der Waals surface area (Å²) in [6, 6.07) is 0.105. The summed E-state index contributed by atoms with van der Waals surface area (Å²) in [5, 5.41) is 7.22. The van der Waals surface area contributed by atoms with Crippen LogP contribution in [0.1, 0.15) is 41.5 Å². The average Bonchev–Trinajstić information content (AvgIpc) is 3.35. The lowest BCUT2D eigenvalue weighted by Gasteiger charge is -2.27. The van der Waals surface area contributed by atoms with Gasteiger partial charge in [-0.3, -0.25) is 10.1 Å². The molecule has 3 N–H and O–H groups in total. The third-order valence-corrected chi connectivity index (χ3v) is 5.68. The summed E-state index contributed by atoms with van der Waals surface area (Å²) < 4.78 is 65.6. The predicted molar refractivity (Wildman–Crippen MR) is 91.2 cm³/mol. The van der Waals surface area contributed by atoms with Gasteiger partial charge in [0.25, 0.3) is 12.3 Å². The molecule has 2 fully saturated rings. The van der Waals surface area contributed by atoms with Crippen molar-refractivity contribution in [3.05, 3.63) is 34.4 Å². The Morgan fingerprint density at radius 2 is 1.83 bits per heavy atom. The maximum absolute atomic E-state index is 13.1. The van der Waals surface area contributed by atoms with Crippen molar-refractivity contribution in [1.82, 2.24) is 20.9 Å². The van der Waals surface area contributed by atoms with Gasteiger partial charge in [-0.05, 0) is 42.0 Å². The van der Waals surface area contributed by atoms with Gasteiger partial charge < -0.3 is 15.5 Å². The highest BCUT2D eigenvalue weighted by Crippen LogP contribution is 2.42. The fourth-order valence-corrected chi connectivity index (χ4v) is 4.00. The van der Waals surface area contributed by atoms with E-state index in [0.29, 0.717) is 18.9 Å². The number of nitrogens with one attached hydrogen (secondary N) is 3. The zero-order valence-electron chi connectivity index (χ0n) is 15.4. The smallest absolute Gasteiger partial charge is 0.335 e. The van der Waals surface area contributed by atoms with Crippen LogP contribution in [0.25, 0.3) is 0 Å². The fraction of sp³-hybridized carbons (Fsp3) is 0.500. The van der Waals surface area contributed by atoms with Crippen LogP contribution >= 0.6 is 0 Å². The van der Waals surface area contributed by atoms with Crippen LogP contribution in [0, 0.1) is 5.92 Å². The lowest BCUT2D eigenvalue weighted by atomic mass is 9.93. The van der Waals surface area contributed by atoms with Gasteiger partial charge in [0, 0.05) is 18.7 Å². The second-order valence-corrected chi connectivity index (χ2v) is 7.68. The Bertz CT molecular complexity index is 931. The van der Waals surface area contributed by atoms with E-state index < -0.39 is 47.2 Å². The zero-order valence-corrected chi connectivity index (χ0v) is 15.4. The SMILES string of the molecule is O=C1NC(=O)C(CNC(=O)N2Cc3cc(C(F)F)c(C(F)(F)F)cc3C2)(C2CC2)N1. The van der Waals surface area contributed by atoms with E-state index in [1.807, 2.05) is 0 Å². The highest BCUT2D eigenvalue weighted by Gasteiger charge is 2.56. The Labute approximate surface area is 167 Å². The van der Waals surface area contributed by atoms with Gasteiger partial charge in [-0.15, -0.1) is 0 Å². The van der Waals surface area contributed by atoms with E-state index in [-0.39, 0.29) is 36.7 Å². The number of halogens is 5. The molecule has 1 aromatic rings. The third kappa shape index (κ3) is 3.43. The van der Waals surface area contributed by atoms with Crippen LogP contribution in [-0.4, -0.2) is 35.0 Å². The summed E-state index contributed by atoms with van der Waals surface area (Å²) in [4.78, 5) is 37.4. The third-order valence-electron chi connectivity index (χ3n) is 5.68. The molecule has 1 saturated carbocycles. The molecular formula is C18H17F5N4O3. The number of carbonyl (C=O) groups is 3. The average molecular weight is 432 g/mol. The molecule has 1 unspecified atom stereocenters. The predicted octanol–water partition coefficient (Wildman–Crippen LogP) is 2.66. The van der Waals surface area contributed by atoms with Crippen molar-refractivity contribution in [3.8, 4) is 0 Å². The van der Waals surface area contributed by atoms with Crippen LogP contribution in [0.4, 0.5) is 31.5 Å². The topological polar surface area (TPSA) is 90.5 Å². The van der Waals surface area contributed by atoms with E-state index in [1.54, 1.807) is 0 Å². The molecule has 30 heavy (non-hydrogen) atoms. The van der Waals surface area contributed by atoms with Crippen LogP contribution in [0.15, 0.2) is 12.1 Å². The molecule has 4 rings (SSSR count). The van der Waals surface area contributed by atoms with E-state index in [1.165, 1.54) is 0 Å². The van der Waals surface area contributed by atoms with Crippen molar-refractivity contribution >= 4 is 18.0 Å². The maximum Gasteiger partial charge on any atom is 0.416 e. The molecule has 2 heterocycles. The maximum atomic E-state index is 13.1. The molecule has 2 aliphatic heterocycles. The minimum Gasteiger partial charge on any atom is -0.335 e. The first kappa shape index (κ1) is 20.4. The van der Waals surface area contributed by atoms with Crippen LogP contribution in [0.3, 0.4) is 0 Å². The molecule has 3 aliphatic rings. The van der Waals surface area contributed by atoms with Crippen molar-refractivity contribution in [1.29, 1.82) is 0 Å². The quantitative estimate of drug-likeness (QED) is 0.505. The second-order valence-electron chi connectivity index (χ2n) is 7.68. The number of urea groups is 2. The number of benzene rings is 1. The normalized spacial score (nSPS) is 23.5. The standard InChI is InChI=1S/C18H17F5N4O3/c19-13(20)11-3-8-5-27(6-9(8)4-12(11)18(21,22)23)16(30)24-7-17(10-1-2-10)14(28)25-15(29)26-17/h3-4,10,13H,1-2,5-7H2,(H,24,30)(H2,25,26,28,29). The summed E-state index contributed by atoms with van der Waals surface area (Å²) >= 11 is 0.